The van der Waals surface area contributed by atoms with Crippen LogP contribution >= 0.6 is 0 Å². The summed E-state index contributed by atoms with van der Waals surface area (Å²) >= 11 is 0. The Hall–Kier alpha value is -2.90. The first-order valence-corrected chi connectivity index (χ1v) is 10.5. The molecule has 1 saturated heterocycles. The molecule has 1 heterocycles. The summed E-state index contributed by atoms with van der Waals surface area (Å²) in [5.74, 6) is -2.01. The van der Waals surface area contributed by atoms with E-state index >= 15 is 0 Å². The maximum Gasteiger partial charge on any atom is 0.414 e. The molecule has 0 spiro atoms. The van der Waals surface area contributed by atoms with Gasteiger partial charge < -0.3 is 25.0 Å². The number of hydrogen-bond donors (Lipinski definition) is 3. The minimum Gasteiger partial charge on any atom is -0.493 e. The van der Waals surface area contributed by atoms with Crippen molar-refractivity contribution >= 4 is 11.9 Å². The van der Waals surface area contributed by atoms with Gasteiger partial charge in [0.25, 0.3) is 0 Å². The molecule has 0 unspecified atom stereocenters. The maximum atomic E-state index is 9.32. The minimum atomic E-state index is -1.82. The molecule has 1 fully saturated rings. The smallest absolute Gasteiger partial charge is 0.414 e. The molecule has 0 radical (unpaired) electrons. The summed E-state index contributed by atoms with van der Waals surface area (Å²) in [4.78, 5) is 20.8. The number of nitrogens with zero attached hydrogens (tertiary/aromatic N) is 1. The van der Waals surface area contributed by atoms with E-state index in [1.54, 1.807) is 0 Å². The fourth-order valence-electron chi connectivity index (χ4n) is 3.61. The van der Waals surface area contributed by atoms with Crippen molar-refractivity contribution in [2.75, 3.05) is 26.2 Å². The molecule has 0 amide bonds. The third-order valence-corrected chi connectivity index (χ3v) is 5.28. The number of carboxylic acid groups (broad SMARTS) is 2. The van der Waals surface area contributed by atoms with E-state index < -0.39 is 11.9 Å². The van der Waals surface area contributed by atoms with Crippen molar-refractivity contribution in [3.05, 3.63) is 65.7 Å². The number of ether oxygens (including phenoxy) is 1. The Morgan fingerprint density at radius 3 is 2.16 bits per heavy atom. The van der Waals surface area contributed by atoms with Crippen LogP contribution in [-0.4, -0.2) is 58.4 Å². The van der Waals surface area contributed by atoms with E-state index in [9.17, 15) is 5.11 Å². The topological polar surface area (TPSA) is 107 Å². The lowest BCUT2D eigenvalue weighted by Gasteiger charge is -2.32. The number of aliphatic hydroxyl groups is 1. The number of aliphatic carboxylic acids is 2. The highest BCUT2D eigenvalue weighted by Crippen LogP contribution is 2.22. The molecule has 0 atom stereocenters. The van der Waals surface area contributed by atoms with Crippen LogP contribution in [0, 0.1) is 5.92 Å². The highest BCUT2D eigenvalue weighted by atomic mass is 16.5. The average molecular weight is 430 g/mol. The van der Waals surface area contributed by atoms with E-state index in [1.165, 1.54) is 37.9 Å². The van der Waals surface area contributed by atoms with Crippen LogP contribution in [0.25, 0.3) is 0 Å². The second-order valence-electron chi connectivity index (χ2n) is 7.55. The molecule has 3 N–H and O–H groups in total. The van der Waals surface area contributed by atoms with Crippen molar-refractivity contribution in [1.29, 1.82) is 0 Å². The van der Waals surface area contributed by atoms with E-state index in [1.807, 2.05) is 24.3 Å². The highest BCUT2D eigenvalue weighted by molar-refractivity contribution is 6.27. The predicted molar refractivity (Wildman–Crippen MR) is 117 cm³/mol. The molecule has 3 rings (SSSR count). The number of piperidine rings is 1. The summed E-state index contributed by atoms with van der Waals surface area (Å²) in [6.07, 6.45) is 4.84. The van der Waals surface area contributed by atoms with Gasteiger partial charge in [0.2, 0.25) is 0 Å². The standard InChI is InChI=1S/C22H29NO2.C2H2O4/c24-18-21-9-4-5-10-22(21)25-16-6-13-23-14-11-20(12-15-23)17-19-7-2-1-3-8-19;3-1(4)2(5)6/h1-5,7-10,20,24H,6,11-18H2;(H,3,4)(H,5,6). The van der Waals surface area contributed by atoms with E-state index in [0.717, 1.165) is 30.2 Å². The van der Waals surface area contributed by atoms with Gasteiger partial charge in [0.1, 0.15) is 5.75 Å². The Morgan fingerprint density at radius 1 is 0.935 bits per heavy atom. The van der Waals surface area contributed by atoms with E-state index in [4.69, 9.17) is 24.5 Å². The van der Waals surface area contributed by atoms with Crippen LogP contribution in [0.2, 0.25) is 0 Å². The lowest BCUT2D eigenvalue weighted by Crippen LogP contribution is -2.35. The number of hydrogen-bond acceptors (Lipinski definition) is 5. The molecular formula is C24H31NO6. The van der Waals surface area contributed by atoms with Crippen LogP contribution in [-0.2, 0) is 22.6 Å². The molecule has 31 heavy (non-hydrogen) atoms. The van der Waals surface area contributed by atoms with Crippen molar-refractivity contribution in [3.8, 4) is 5.75 Å². The Kier molecular flexibility index (Phi) is 10.5. The molecule has 0 aromatic heterocycles. The fourth-order valence-corrected chi connectivity index (χ4v) is 3.61. The van der Waals surface area contributed by atoms with Gasteiger partial charge in [0.15, 0.2) is 0 Å². The lowest BCUT2D eigenvalue weighted by molar-refractivity contribution is -0.159. The molecule has 1 aliphatic heterocycles. The molecule has 168 valence electrons. The Bertz CT molecular complexity index is 791. The Morgan fingerprint density at radius 2 is 1.55 bits per heavy atom. The summed E-state index contributed by atoms with van der Waals surface area (Å²) in [6.45, 7) is 4.24. The third kappa shape index (κ3) is 9.19. The monoisotopic (exact) mass is 429 g/mol. The maximum absolute atomic E-state index is 9.32. The molecule has 7 nitrogen and oxygen atoms in total. The van der Waals surface area contributed by atoms with Gasteiger partial charge in [-0.3, -0.25) is 0 Å². The number of para-hydroxylation sites is 1. The van der Waals surface area contributed by atoms with Gasteiger partial charge in [0, 0.05) is 12.1 Å². The van der Waals surface area contributed by atoms with Crippen LogP contribution in [0.15, 0.2) is 54.6 Å². The van der Waals surface area contributed by atoms with E-state index in [-0.39, 0.29) is 6.61 Å². The van der Waals surface area contributed by atoms with Crippen LogP contribution in [0.3, 0.4) is 0 Å². The highest BCUT2D eigenvalue weighted by Gasteiger charge is 2.19. The minimum absolute atomic E-state index is 0.0328. The Labute approximate surface area is 182 Å². The zero-order valence-corrected chi connectivity index (χ0v) is 17.7. The summed E-state index contributed by atoms with van der Waals surface area (Å²) in [5, 5.41) is 24.1. The van der Waals surface area contributed by atoms with Crippen molar-refractivity contribution < 1.29 is 29.6 Å². The zero-order chi connectivity index (χ0) is 22.5. The van der Waals surface area contributed by atoms with Gasteiger partial charge in [0.05, 0.1) is 13.2 Å². The normalized spacial score (nSPS) is 14.4. The Balaban J connectivity index is 0.000000501. The number of benzene rings is 2. The van der Waals surface area contributed by atoms with Crippen LogP contribution < -0.4 is 4.74 Å². The molecule has 1 aliphatic rings. The molecule has 0 bridgehead atoms. The summed E-state index contributed by atoms with van der Waals surface area (Å²) in [5.41, 5.74) is 2.33. The van der Waals surface area contributed by atoms with Crippen LogP contribution in [0.4, 0.5) is 0 Å². The van der Waals surface area contributed by atoms with E-state index in [2.05, 4.69) is 35.2 Å². The SMILES string of the molecule is O=C(O)C(=O)O.OCc1ccccc1OCCCN1CCC(Cc2ccccc2)CC1. The predicted octanol–water partition coefficient (Wildman–Crippen LogP) is 3.06. The molecule has 2 aromatic carbocycles. The van der Waals surface area contributed by atoms with Gasteiger partial charge in [-0.1, -0.05) is 48.5 Å². The molecule has 7 heteroatoms. The molecule has 0 saturated carbocycles. The largest absolute Gasteiger partial charge is 0.493 e. The van der Waals surface area contributed by atoms with Crippen molar-refractivity contribution in [2.24, 2.45) is 5.92 Å². The number of carbonyl (C=O) groups is 2. The van der Waals surface area contributed by atoms with Crippen LogP contribution in [0.1, 0.15) is 30.4 Å². The number of rotatable bonds is 8. The van der Waals surface area contributed by atoms with Crippen molar-refractivity contribution in [2.45, 2.75) is 32.3 Å². The van der Waals surface area contributed by atoms with Crippen molar-refractivity contribution in [1.82, 2.24) is 4.90 Å². The van der Waals surface area contributed by atoms with E-state index in [0.29, 0.717) is 6.61 Å². The van der Waals surface area contributed by atoms with Gasteiger partial charge in [-0.05, 0) is 56.3 Å². The van der Waals surface area contributed by atoms with Gasteiger partial charge >= 0.3 is 11.9 Å². The molecule has 0 aliphatic carbocycles. The average Bonchev–Trinajstić information content (AvgIpc) is 2.79. The first-order valence-electron chi connectivity index (χ1n) is 10.5. The summed E-state index contributed by atoms with van der Waals surface area (Å²) < 4.78 is 5.83. The zero-order valence-electron chi connectivity index (χ0n) is 17.7. The summed E-state index contributed by atoms with van der Waals surface area (Å²) in [7, 11) is 0. The second-order valence-corrected chi connectivity index (χ2v) is 7.55. The fraction of sp³-hybridized carbons (Fsp3) is 0.417. The quantitative estimate of drug-likeness (QED) is 0.437. The van der Waals surface area contributed by atoms with Crippen molar-refractivity contribution in [3.63, 3.8) is 0 Å². The number of likely N-dealkylation sites (tertiary alicyclic amines) is 1. The number of aliphatic hydroxyl groups excluding tert-OH is 1. The summed E-state index contributed by atoms with van der Waals surface area (Å²) in [6, 6.07) is 18.6. The first-order chi connectivity index (χ1) is 15.0. The molecule has 2 aromatic rings. The molecular weight excluding hydrogens is 398 g/mol. The second kappa shape index (κ2) is 13.4. The lowest BCUT2D eigenvalue weighted by atomic mass is 9.90. The first kappa shape index (κ1) is 24.4. The number of carboxylic acids is 2. The van der Waals surface area contributed by atoms with Gasteiger partial charge in [-0.15, -0.1) is 0 Å². The van der Waals surface area contributed by atoms with Crippen LogP contribution in [0.5, 0.6) is 5.75 Å². The van der Waals surface area contributed by atoms with Gasteiger partial charge in [-0.25, -0.2) is 9.59 Å². The van der Waals surface area contributed by atoms with Gasteiger partial charge in [-0.2, -0.15) is 0 Å². The third-order valence-electron chi connectivity index (χ3n) is 5.28.